The van der Waals surface area contributed by atoms with Crippen molar-refractivity contribution in [3.8, 4) is 0 Å². The van der Waals surface area contributed by atoms with Crippen molar-refractivity contribution in [2.45, 2.75) is 131 Å². The van der Waals surface area contributed by atoms with E-state index in [2.05, 4.69) is 74.5 Å². The Kier molecular flexibility index (Phi) is 24.5. The van der Waals surface area contributed by atoms with E-state index in [1.54, 1.807) is 11.8 Å². The standard InChI is InChI=1S/C36H64N4O5S2/c1-24(2)13-10-14-27(7)15-11-16-28(8)17-12-19-45-36(44)32(23-46)40-35(43)31(22-26(5)6)39-34(42)30(21-25(3)4)38-33(41)29(37)18-20-47-9/h13,15,17,25-26,29-32,46H,10-12,14,16,18-23,37H2,1-9H3,(H,38,41)(H,39,42)(H,40,43)/b27-15+,28-17+/t29-,30-,31-,32-/m0/s1. The maximum atomic E-state index is 13.4. The summed E-state index contributed by atoms with van der Waals surface area (Å²) in [6, 6.07) is -3.46. The zero-order chi connectivity index (χ0) is 35.9. The lowest BCUT2D eigenvalue weighted by molar-refractivity contribution is -0.147. The smallest absolute Gasteiger partial charge is 0.329 e. The van der Waals surface area contributed by atoms with Crippen molar-refractivity contribution in [1.82, 2.24) is 16.0 Å². The van der Waals surface area contributed by atoms with Gasteiger partial charge in [0.15, 0.2) is 0 Å². The molecule has 0 saturated heterocycles. The van der Waals surface area contributed by atoms with Crippen LogP contribution in [0.15, 0.2) is 34.9 Å². The Balaban J connectivity index is 5.16. The quantitative estimate of drug-likeness (QED) is 0.0367. The molecule has 9 nitrogen and oxygen atoms in total. The van der Waals surface area contributed by atoms with Gasteiger partial charge in [0.25, 0.3) is 0 Å². The summed E-state index contributed by atoms with van der Waals surface area (Å²) in [5.41, 5.74) is 9.99. The molecule has 0 heterocycles. The Bertz CT molecular complexity index is 1050. The summed E-state index contributed by atoms with van der Waals surface area (Å²) in [4.78, 5) is 52.2. The Morgan fingerprint density at radius 3 is 1.68 bits per heavy atom. The Morgan fingerprint density at radius 2 is 1.21 bits per heavy atom. The van der Waals surface area contributed by atoms with Gasteiger partial charge >= 0.3 is 5.97 Å². The highest BCUT2D eigenvalue weighted by Crippen LogP contribution is 2.13. The highest BCUT2D eigenvalue weighted by atomic mass is 32.2. The molecular weight excluding hydrogens is 633 g/mol. The van der Waals surface area contributed by atoms with Crippen LogP contribution in [-0.2, 0) is 23.9 Å². The SMILES string of the molecule is CSCC[C@H](N)C(=O)N[C@@H](CC(C)C)C(=O)N[C@@H](CC(C)C)C(=O)N[C@@H](CS)C(=O)OCC/C=C(\C)CC/C=C(\C)CCC=C(C)C. The molecule has 5 N–H and O–H groups in total. The fraction of sp³-hybridized carbons (Fsp3) is 0.722. The number of rotatable bonds is 24. The van der Waals surface area contributed by atoms with Crippen LogP contribution < -0.4 is 21.7 Å². The molecule has 0 unspecified atom stereocenters. The number of hydrogen-bond acceptors (Lipinski definition) is 8. The average Bonchev–Trinajstić information content (AvgIpc) is 2.98. The van der Waals surface area contributed by atoms with Crippen molar-refractivity contribution in [2.24, 2.45) is 17.6 Å². The third kappa shape index (κ3) is 22.1. The monoisotopic (exact) mass is 696 g/mol. The first kappa shape index (κ1) is 44.8. The van der Waals surface area contributed by atoms with Gasteiger partial charge in [0.05, 0.1) is 12.6 Å². The molecule has 0 saturated carbocycles. The maximum Gasteiger partial charge on any atom is 0.329 e. The van der Waals surface area contributed by atoms with Gasteiger partial charge in [-0.1, -0.05) is 62.6 Å². The first-order valence-electron chi connectivity index (χ1n) is 17.0. The fourth-order valence-electron chi connectivity index (χ4n) is 4.69. The van der Waals surface area contributed by atoms with E-state index in [9.17, 15) is 19.2 Å². The molecule has 0 aliphatic carbocycles. The molecule has 3 amide bonds. The number of hydrogen-bond donors (Lipinski definition) is 5. The minimum absolute atomic E-state index is 0.0427. The summed E-state index contributed by atoms with van der Waals surface area (Å²) in [5.74, 6) is -0.994. The second-order valence-electron chi connectivity index (χ2n) is 13.4. The van der Waals surface area contributed by atoms with E-state index >= 15 is 0 Å². The summed E-state index contributed by atoms with van der Waals surface area (Å²) in [6.07, 6.45) is 14.4. The molecule has 0 aliphatic heterocycles. The molecule has 0 spiro atoms. The minimum atomic E-state index is -0.970. The summed E-state index contributed by atoms with van der Waals surface area (Å²) in [6.45, 7) is 16.4. The van der Waals surface area contributed by atoms with Crippen LogP contribution in [0.2, 0.25) is 0 Å². The van der Waals surface area contributed by atoms with Crippen LogP contribution in [0.4, 0.5) is 0 Å². The Hall–Kier alpha value is -2.24. The number of allylic oxidation sites excluding steroid dienone is 5. The third-order valence-electron chi connectivity index (χ3n) is 7.41. The summed E-state index contributed by atoms with van der Waals surface area (Å²) in [7, 11) is 0. The molecule has 11 heteroatoms. The van der Waals surface area contributed by atoms with E-state index in [1.165, 1.54) is 16.7 Å². The number of nitrogens with one attached hydrogen (secondary N) is 3. The molecule has 0 rings (SSSR count). The number of ether oxygens (including phenoxy) is 1. The first-order chi connectivity index (χ1) is 22.1. The molecule has 47 heavy (non-hydrogen) atoms. The van der Waals surface area contributed by atoms with Gasteiger partial charge < -0.3 is 26.4 Å². The van der Waals surface area contributed by atoms with Crippen molar-refractivity contribution in [3.63, 3.8) is 0 Å². The highest BCUT2D eigenvalue weighted by Gasteiger charge is 2.31. The van der Waals surface area contributed by atoms with Crippen LogP contribution in [0, 0.1) is 11.8 Å². The fourth-order valence-corrected chi connectivity index (χ4v) is 5.42. The predicted molar refractivity (Wildman–Crippen MR) is 201 cm³/mol. The third-order valence-corrected chi connectivity index (χ3v) is 8.42. The van der Waals surface area contributed by atoms with Gasteiger partial charge in [-0.2, -0.15) is 24.4 Å². The number of carbonyl (C=O) groups is 4. The molecule has 270 valence electrons. The van der Waals surface area contributed by atoms with E-state index < -0.39 is 47.9 Å². The second kappa shape index (κ2) is 25.7. The van der Waals surface area contributed by atoms with Crippen molar-refractivity contribution in [2.75, 3.05) is 24.4 Å². The molecule has 0 aromatic carbocycles. The lowest BCUT2D eigenvalue weighted by Crippen LogP contribution is -2.57. The molecule has 0 fully saturated rings. The van der Waals surface area contributed by atoms with Gasteiger partial charge in [-0.25, -0.2) is 4.79 Å². The number of esters is 1. The molecule has 0 radical (unpaired) electrons. The van der Waals surface area contributed by atoms with E-state index in [-0.39, 0.29) is 24.2 Å². The number of amides is 3. The Morgan fingerprint density at radius 1 is 0.745 bits per heavy atom. The van der Waals surface area contributed by atoms with Crippen LogP contribution in [0.3, 0.4) is 0 Å². The molecular formula is C36H64N4O5S2. The van der Waals surface area contributed by atoms with Gasteiger partial charge in [0.2, 0.25) is 17.7 Å². The molecule has 4 atom stereocenters. The zero-order valence-electron chi connectivity index (χ0n) is 30.4. The highest BCUT2D eigenvalue weighted by molar-refractivity contribution is 7.98. The number of nitrogens with two attached hydrogens (primary N) is 1. The van der Waals surface area contributed by atoms with Crippen LogP contribution in [0.5, 0.6) is 0 Å². The van der Waals surface area contributed by atoms with Gasteiger partial charge in [0, 0.05) is 5.75 Å². The van der Waals surface area contributed by atoms with Crippen molar-refractivity contribution in [1.29, 1.82) is 0 Å². The van der Waals surface area contributed by atoms with Crippen LogP contribution in [0.1, 0.15) is 107 Å². The number of carbonyl (C=O) groups excluding carboxylic acids is 4. The lowest BCUT2D eigenvalue weighted by atomic mass is 9.99. The second-order valence-corrected chi connectivity index (χ2v) is 14.8. The molecule has 0 bridgehead atoms. The Labute approximate surface area is 294 Å². The van der Waals surface area contributed by atoms with Crippen LogP contribution in [-0.4, -0.2) is 72.2 Å². The van der Waals surface area contributed by atoms with E-state index in [0.717, 1.165) is 31.4 Å². The van der Waals surface area contributed by atoms with E-state index in [1.807, 2.05) is 34.0 Å². The summed E-state index contributed by atoms with van der Waals surface area (Å²) in [5, 5.41) is 8.29. The summed E-state index contributed by atoms with van der Waals surface area (Å²) < 4.78 is 5.46. The molecule has 0 aromatic heterocycles. The predicted octanol–water partition coefficient (Wildman–Crippen LogP) is 5.90. The summed E-state index contributed by atoms with van der Waals surface area (Å²) >= 11 is 5.86. The van der Waals surface area contributed by atoms with E-state index in [4.69, 9.17) is 10.5 Å². The van der Waals surface area contributed by atoms with Crippen LogP contribution >= 0.6 is 24.4 Å². The molecule has 0 aromatic rings. The van der Waals surface area contributed by atoms with Crippen molar-refractivity contribution in [3.05, 3.63) is 34.9 Å². The van der Waals surface area contributed by atoms with Gasteiger partial charge in [-0.05, 0) is 103 Å². The number of thioether (sulfide) groups is 1. The van der Waals surface area contributed by atoms with E-state index in [0.29, 0.717) is 25.7 Å². The van der Waals surface area contributed by atoms with Crippen molar-refractivity contribution < 1.29 is 23.9 Å². The largest absolute Gasteiger partial charge is 0.464 e. The lowest BCUT2D eigenvalue weighted by Gasteiger charge is -2.27. The minimum Gasteiger partial charge on any atom is -0.464 e. The first-order valence-corrected chi connectivity index (χ1v) is 19.0. The van der Waals surface area contributed by atoms with Gasteiger partial charge in [-0.15, -0.1) is 0 Å². The maximum absolute atomic E-state index is 13.4. The topological polar surface area (TPSA) is 140 Å². The molecule has 0 aliphatic rings. The van der Waals surface area contributed by atoms with Gasteiger partial charge in [0.1, 0.15) is 18.1 Å². The zero-order valence-corrected chi connectivity index (χ0v) is 32.2. The normalized spacial score (nSPS) is 14.7. The van der Waals surface area contributed by atoms with Crippen LogP contribution in [0.25, 0.3) is 0 Å². The van der Waals surface area contributed by atoms with Gasteiger partial charge in [-0.3, -0.25) is 14.4 Å². The average molecular weight is 697 g/mol. The van der Waals surface area contributed by atoms with Crippen molar-refractivity contribution >= 4 is 48.1 Å². The number of thiol groups is 1.